The Morgan fingerprint density at radius 1 is 1.19 bits per heavy atom. The van der Waals surface area contributed by atoms with Crippen molar-refractivity contribution in [1.82, 2.24) is 14.9 Å². The second-order valence-electron chi connectivity index (χ2n) is 5.93. The minimum atomic E-state index is -4.65. The van der Waals surface area contributed by atoms with Crippen molar-refractivity contribution in [2.45, 2.75) is 26.1 Å². The maximum Gasteiger partial charge on any atom is 0.449 e. The molecule has 2 aromatic heterocycles. The Kier molecular flexibility index (Phi) is 5.31. The van der Waals surface area contributed by atoms with Gasteiger partial charge in [0, 0.05) is 18.3 Å². The lowest BCUT2D eigenvalue weighted by Crippen LogP contribution is -2.22. The molecule has 0 atom stereocenters. The normalized spacial score (nSPS) is 11.7. The molecule has 1 aromatic carbocycles. The maximum atomic E-state index is 13.3. The number of rotatable bonds is 6. The molecule has 0 bridgehead atoms. The van der Waals surface area contributed by atoms with Gasteiger partial charge in [-0.15, -0.1) is 11.3 Å². The molecule has 0 aliphatic heterocycles. The molecule has 1 amide bonds. The minimum Gasteiger partial charge on any atom is -0.356 e. The van der Waals surface area contributed by atoms with Gasteiger partial charge in [0.1, 0.15) is 0 Å². The number of para-hydroxylation sites is 2. The second-order valence-corrected chi connectivity index (χ2v) is 7.10. The van der Waals surface area contributed by atoms with E-state index < -0.39 is 24.3 Å². The average Bonchev–Trinajstić information content (AvgIpc) is 3.19. The molecular formula is C18H16F3N3O2S. The van der Waals surface area contributed by atoms with Crippen LogP contribution in [0.4, 0.5) is 13.2 Å². The van der Waals surface area contributed by atoms with E-state index in [1.165, 1.54) is 30.4 Å². The monoisotopic (exact) mass is 395 g/mol. The third kappa shape index (κ3) is 4.36. The van der Waals surface area contributed by atoms with E-state index in [-0.39, 0.29) is 16.9 Å². The number of alkyl halides is 3. The molecule has 9 heteroatoms. The number of benzene rings is 1. The standard InChI is InChI=1S/C18H16F3N3O2S/c1-11(25)22-9-8-12-6-7-16(27-12)15(26)10-24-14-5-3-2-4-13(14)23-17(24)18(19,20)21/h2-7H,8-10H2,1H3,(H,22,25). The first-order valence-corrected chi connectivity index (χ1v) is 8.96. The Balaban J connectivity index is 1.82. The Morgan fingerprint density at radius 2 is 1.93 bits per heavy atom. The predicted molar refractivity (Wildman–Crippen MR) is 95.8 cm³/mol. The van der Waals surface area contributed by atoms with Gasteiger partial charge in [-0.25, -0.2) is 4.98 Å². The third-order valence-corrected chi connectivity index (χ3v) is 5.08. The molecule has 0 radical (unpaired) electrons. The minimum absolute atomic E-state index is 0.144. The van der Waals surface area contributed by atoms with Gasteiger partial charge in [0.2, 0.25) is 11.7 Å². The molecular weight excluding hydrogens is 379 g/mol. The number of carbonyl (C=O) groups is 2. The molecule has 0 saturated heterocycles. The van der Waals surface area contributed by atoms with Crippen molar-refractivity contribution in [3.05, 3.63) is 52.0 Å². The quantitative estimate of drug-likeness (QED) is 0.648. The van der Waals surface area contributed by atoms with Gasteiger partial charge in [-0.1, -0.05) is 12.1 Å². The summed E-state index contributed by atoms with van der Waals surface area (Å²) in [7, 11) is 0. The number of fused-ring (bicyclic) bond motifs is 1. The summed E-state index contributed by atoms with van der Waals surface area (Å²) in [5.74, 6) is -1.64. The maximum absolute atomic E-state index is 13.3. The molecule has 0 unspecified atom stereocenters. The summed E-state index contributed by atoms with van der Waals surface area (Å²) in [6.07, 6.45) is -4.10. The number of thiophene rings is 1. The molecule has 142 valence electrons. The molecule has 0 aliphatic rings. The molecule has 0 fully saturated rings. The first-order valence-electron chi connectivity index (χ1n) is 8.14. The Morgan fingerprint density at radius 3 is 2.63 bits per heavy atom. The number of carbonyl (C=O) groups excluding carboxylic acids is 2. The van der Waals surface area contributed by atoms with Crippen LogP contribution in [0.25, 0.3) is 11.0 Å². The Labute approximate surface area is 156 Å². The Bertz CT molecular complexity index is 991. The van der Waals surface area contributed by atoms with E-state index in [0.717, 1.165) is 9.44 Å². The van der Waals surface area contributed by atoms with Crippen molar-refractivity contribution in [3.63, 3.8) is 0 Å². The average molecular weight is 395 g/mol. The smallest absolute Gasteiger partial charge is 0.356 e. The number of halogens is 3. The number of imidazole rings is 1. The third-order valence-electron chi connectivity index (χ3n) is 3.89. The van der Waals surface area contributed by atoms with Crippen LogP contribution in [0.3, 0.4) is 0 Å². The SMILES string of the molecule is CC(=O)NCCc1ccc(C(=O)Cn2c(C(F)(F)F)nc3ccccc32)s1. The molecule has 2 heterocycles. The summed E-state index contributed by atoms with van der Waals surface area (Å²) in [5, 5.41) is 2.66. The highest BCUT2D eigenvalue weighted by Gasteiger charge is 2.38. The molecule has 3 rings (SSSR count). The number of aromatic nitrogens is 2. The van der Waals surface area contributed by atoms with Crippen LogP contribution in [-0.4, -0.2) is 27.8 Å². The first-order chi connectivity index (χ1) is 12.8. The van der Waals surface area contributed by atoms with Crippen molar-refractivity contribution in [2.24, 2.45) is 0 Å². The summed E-state index contributed by atoms with van der Waals surface area (Å²) in [4.78, 5) is 28.3. The zero-order valence-corrected chi connectivity index (χ0v) is 15.2. The van der Waals surface area contributed by atoms with Gasteiger partial charge in [0.05, 0.1) is 22.5 Å². The Hall–Kier alpha value is -2.68. The van der Waals surface area contributed by atoms with Crippen LogP contribution in [0.5, 0.6) is 0 Å². The van der Waals surface area contributed by atoms with Crippen molar-refractivity contribution < 1.29 is 22.8 Å². The fourth-order valence-corrected chi connectivity index (χ4v) is 3.63. The summed E-state index contributed by atoms with van der Waals surface area (Å²) < 4.78 is 40.9. The fourth-order valence-electron chi connectivity index (χ4n) is 2.70. The summed E-state index contributed by atoms with van der Waals surface area (Å²) in [6.45, 7) is 1.41. The number of amides is 1. The van der Waals surface area contributed by atoms with Gasteiger partial charge in [0.15, 0.2) is 5.78 Å². The number of nitrogens with zero attached hydrogens (tertiary/aromatic N) is 2. The molecule has 0 aliphatic carbocycles. The fraction of sp³-hybridized carbons (Fsp3) is 0.278. The lowest BCUT2D eigenvalue weighted by Gasteiger charge is -2.10. The van der Waals surface area contributed by atoms with Gasteiger partial charge in [-0.05, 0) is 30.7 Å². The highest BCUT2D eigenvalue weighted by atomic mass is 32.1. The molecule has 1 N–H and O–H groups in total. The van der Waals surface area contributed by atoms with Crippen LogP contribution in [0, 0.1) is 0 Å². The lowest BCUT2D eigenvalue weighted by atomic mass is 10.2. The number of hydrogen-bond donors (Lipinski definition) is 1. The van der Waals surface area contributed by atoms with Gasteiger partial charge in [-0.3, -0.25) is 9.59 Å². The number of hydrogen-bond acceptors (Lipinski definition) is 4. The number of ketones is 1. The van der Waals surface area contributed by atoms with Gasteiger partial charge < -0.3 is 9.88 Å². The largest absolute Gasteiger partial charge is 0.449 e. The molecule has 3 aromatic rings. The van der Waals surface area contributed by atoms with Gasteiger partial charge in [-0.2, -0.15) is 13.2 Å². The summed E-state index contributed by atoms with van der Waals surface area (Å²) in [5.41, 5.74) is 0.459. The lowest BCUT2D eigenvalue weighted by molar-refractivity contribution is -0.146. The first kappa shape index (κ1) is 19.1. The van der Waals surface area contributed by atoms with Crippen LogP contribution in [-0.2, 0) is 23.9 Å². The van der Waals surface area contributed by atoms with E-state index in [9.17, 15) is 22.8 Å². The molecule has 5 nitrogen and oxygen atoms in total. The van der Waals surface area contributed by atoms with Gasteiger partial charge >= 0.3 is 6.18 Å². The van der Waals surface area contributed by atoms with Crippen LogP contribution < -0.4 is 5.32 Å². The zero-order chi connectivity index (χ0) is 19.6. The van der Waals surface area contributed by atoms with Crippen molar-refractivity contribution in [2.75, 3.05) is 6.54 Å². The van der Waals surface area contributed by atoms with Crippen molar-refractivity contribution in [3.8, 4) is 0 Å². The zero-order valence-electron chi connectivity index (χ0n) is 14.3. The van der Waals surface area contributed by atoms with E-state index in [4.69, 9.17) is 0 Å². The van der Waals surface area contributed by atoms with Crippen LogP contribution in [0.2, 0.25) is 0 Å². The molecule has 27 heavy (non-hydrogen) atoms. The van der Waals surface area contributed by atoms with E-state index in [1.807, 2.05) is 0 Å². The van der Waals surface area contributed by atoms with E-state index in [2.05, 4.69) is 10.3 Å². The van der Waals surface area contributed by atoms with Crippen LogP contribution in [0.1, 0.15) is 27.3 Å². The van der Waals surface area contributed by atoms with Crippen molar-refractivity contribution in [1.29, 1.82) is 0 Å². The van der Waals surface area contributed by atoms with E-state index in [0.29, 0.717) is 17.8 Å². The second kappa shape index (κ2) is 7.51. The van der Waals surface area contributed by atoms with Crippen LogP contribution >= 0.6 is 11.3 Å². The number of Topliss-reactive ketones (excluding diaryl/α,β-unsaturated/α-hetero) is 1. The predicted octanol–water partition coefficient (Wildman–Crippen LogP) is 3.68. The topological polar surface area (TPSA) is 64.0 Å². The van der Waals surface area contributed by atoms with Gasteiger partial charge in [0.25, 0.3) is 0 Å². The highest BCUT2D eigenvalue weighted by molar-refractivity contribution is 7.14. The van der Waals surface area contributed by atoms with Crippen molar-refractivity contribution >= 4 is 34.1 Å². The summed E-state index contributed by atoms with van der Waals surface area (Å²) >= 11 is 1.22. The van der Waals surface area contributed by atoms with E-state index >= 15 is 0 Å². The highest BCUT2D eigenvalue weighted by Crippen LogP contribution is 2.32. The molecule has 0 spiro atoms. The number of nitrogens with one attached hydrogen (secondary N) is 1. The van der Waals surface area contributed by atoms with E-state index in [1.54, 1.807) is 24.3 Å². The summed E-state index contributed by atoms with van der Waals surface area (Å²) in [6, 6.07) is 9.55. The van der Waals surface area contributed by atoms with Crippen LogP contribution in [0.15, 0.2) is 36.4 Å². The molecule has 0 saturated carbocycles.